The van der Waals surface area contributed by atoms with Crippen LogP contribution in [0.2, 0.25) is 0 Å². The van der Waals surface area contributed by atoms with E-state index >= 15 is 0 Å². The standard InChI is InChI=1S/C18H23N3O4S/c1-3-18(13-7-5-4-6-8-13)16(23)21(17(24)19-18)12-20-9-10-26-14(11-20)15(22)25-2/h4-8,14H,3,9-12H2,1-2H3,(H,19,24)/t14-,18+/m0/s1. The van der Waals surface area contributed by atoms with E-state index in [4.69, 9.17) is 4.74 Å². The summed E-state index contributed by atoms with van der Waals surface area (Å²) in [5.74, 6) is 0.231. The molecule has 8 heteroatoms. The minimum atomic E-state index is -1.02. The zero-order valence-electron chi connectivity index (χ0n) is 14.9. The van der Waals surface area contributed by atoms with Gasteiger partial charge in [-0.1, -0.05) is 37.3 Å². The van der Waals surface area contributed by atoms with Crippen molar-refractivity contribution in [3.8, 4) is 0 Å². The normalized spacial score (nSPS) is 26.7. The topological polar surface area (TPSA) is 79.0 Å². The molecule has 1 aromatic rings. The van der Waals surface area contributed by atoms with Crippen LogP contribution in [0.5, 0.6) is 0 Å². The fraction of sp³-hybridized carbons (Fsp3) is 0.500. The van der Waals surface area contributed by atoms with E-state index < -0.39 is 11.6 Å². The lowest BCUT2D eigenvalue weighted by Crippen LogP contribution is -2.49. The van der Waals surface area contributed by atoms with Crippen LogP contribution in [0.1, 0.15) is 18.9 Å². The Kier molecular flexibility index (Phi) is 5.52. The van der Waals surface area contributed by atoms with Crippen molar-refractivity contribution in [1.82, 2.24) is 15.1 Å². The number of carbonyl (C=O) groups is 3. The average Bonchev–Trinajstić information content (AvgIpc) is 2.93. The van der Waals surface area contributed by atoms with Crippen molar-refractivity contribution in [2.24, 2.45) is 0 Å². The molecule has 3 rings (SSSR count). The van der Waals surface area contributed by atoms with Crippen LogP contribution < -0.4 is 5.32 Å². The van der Waals surface area contributed by atoms with Crippen molar-refractivity contribution in [3.05, 3.63) is 35.9 Å². The van der Waals surface area contributed by atoms with Crippen LogP contribution in [0.4, 0.5) is 4.79 Å². The summed E-state index contributed by atoms with van der Waals surface area (Å²) in [6.45, 7) is 3.23. The number of nitrogens with zero attached hydrogens (tertiary/aromatic N) is 2. The molecule has 3 amide bonds. The van der Waals surface area contributed by atoms with E-state index in [1.165, 1.54) is 12.0 Å². The average molecular weight is 377 g/mol. The van der Waals surface area contributed by atoms with E-state index in [1.54, 1.807) is 11.8 Å². The molecule has 1 N–H and O–H groups in total. The SMILES string of the molecule is CC[C@]1(c2ccccc2)NC(=O)N(CN2CCS[C@H](C(=O)OC)C2)C1=O. The molecular formula is C18H23N3O4S. The van der Waals surface area contributed by atoms with Gasteiger partial charge in [0.2, 0.25) is 0 Å². The van der Waals surface area contributed by atoms with Crippen LogP contribution in [-0.2, 0) is 19.9 Å². The Morgan fingerprint density at radius 2 is 2.08 bits per heavy atom. The van der Waals surface area contributed by atoms with Crippen molar-refractivity contribution in [2.75, 3.05) is 32.6 Å². The molecule has 2 aliphatic rings. The highest BCUT2D eigenvalue weighted by Gasteiger charge is 2.51. The van der Waals surface area contributed by atoms with Crippen molar-refractivity contribution >= 4 is 29.7 Å². The van der Waals surface area contributed by atoms with Gasteiger partial charge in [0.1, 0.15) is 10.8 Å². The molecule has 0 bridgehead atoms. The summed E-state index contributed by atoms with van der Waals surface area (Å²) in [5, 5.41) is 2.59. The van der Waals surface area contributed by atoms with Crippen LogP contribution in [0.15, 0.2) is 30.3 Å². The van der Waals surface area contributed by atoms with Gasteiger partial charge in [0.05, 0.1) is 13.8 Å². The Labute approximate surface area is 157 Å². The highest BCUT2D eigenvalue weighted by atomic mass is 32.2. The van der Waals surface area contributed by atoms with Crippen molar-refractivity contribution in [2.45, 2.75) is 24.1 Å². The van der Waals surface area contributed by atoms with Gasteiger partial charge in [0, 0.05) is 18.8 Å². The second-order valence-electron chi connectivity index (χ2n) is 6.39. The van der Waals surface area contributed by atoms with E-state index in [-0.39, 0.29) is 23.8 Å². The molecule has 0 radical (unpaired) electrons. The first-order valence-electron chi connectivity index (χ1n) is 8.63. The number of benzene rings is 1. The number of hydrogen-bond donors (Lipinski definition) is 1. The van der Waals surface area contributed by atoms with E-state index in [9.17, 15) is 14.4 Å². The summed E-state index contributed by atoms with van der Waals surface area (Å²) < 4.78 is 4.81. The molecule has 0 aliphatic carbocycles. The molecule has 2 saturated heterocycles. The lowest BCUT2D eigenvalue weighted by molar-refractivity contribution is -0.140. The molecule has 2 fully saturated rings. The highest BCUT2D eigenvalue weighted by Crippen LogP contribution is 2.32. The van der Waals surface area contributed by atoms with Gasteiger partial charge in [0.25, 0.3) is 5.91 Å². The third kappa shape index (κ3) is 3.31. The number of rotatable bonds is 5. The number of thioether (sulfide) groups is 1. The molecule has 2 atom stereocenters. The molecule has 7 nitrogen and oxygen atoms in total. The Balaban J connectivity index is 1.76. The first-order chi connectivity index (χ1) is 12.5. The molecule has 1 aromatic carbocycles. The lowest BCUT2D eigenvalue weighted by atomic mass is 9.87. The zero-order valence-corrected chi connectivity index (χ0v) is 15.8. The monoisotopic (exact) mass is 377 g/mol. The summed E-state index contributed by atoms with van der Waals surface area (Å²) in [6.07, 6.45) is 0.471. The summed E-state index contributed by atoms with van der Waals surface area (Å²) in [7, 11) is 1.37. The van der Waals surface area contributed by atoms with Crippen molar-refractivity contribution in [3.63, 3.8) is 0 Å². The molecule has 0 spiro atoms. The minimum Gasteiger partial charge on any atom is -0.468 e. The van der Waals surface area contributed by atoms with Crippen LogP contribution in [-0.4, -0.2) is 65.6 Å². The molecule has 0 unspecified atom stereocenters. The molecule has 140 valence electrons. The van der Waals surface area contributed by atoms with Gasteiger partial charge < -0.3 is 10.1 Å². The number of urea groups is 1. The Morgan fingerprint density at radius 3 is 2.73 bits per heavy atom. The maximum Gasteiger partial charge on any atom is 0.326 e. The molecule has 26 heavy (non-hydrogen) atoms. The van der Waals surface area contributed by atoms with Gasteiger partial charge in [-0.15, -0.1) is 11.8 Å². The molecule has 2 aliphatic heterocycles. The maximum atomic E-state index is 13.1. The molecule has 0 saturated carbocycles. The number of hydrogen-bond acceptors (Lipinski definition) is 6. The minimum absolute atomic E-state index is 0.174. The maximum absolute atomic E-state index is 13.1. The van der Waals surface area contributed by atoms with Crippen molar-refractivity contribution in [1.29, 1.82) is 0 Å². The number of amides is 3. The Hall–Kier alpha value is -2.06. The van der Waals surface area contributed by atoms with Gasteiger partial charge in [-0.25, -0.2) is 9.69 Å². The number of carbonyl (C=O) groups excluding carboxylic acids is 3. The smallest absolute Gasteiger partial charge is 0.326 e. The number of methoxy groups -OCH3 is 1. The third-order valence-corrected chi connectivity index (χ3v) is 6.09. The van der Waals surface area contributed by atoms with Crippen LogP contribution in [0.25, 0.3) is 0 Å². The lowest BCUT2D eigenvalue weighted by Gasteiger charge is -2.33. The largest absolute Gasteiger partial charge is 0.468 e. The summed E-state index contributed by atoms with van der Waals surface area (Å²) >= 11 is 1.54. The van der Waals surface area contributed by atoms with Gasteiger partial charge in [0.15, 0.2) is 0 Å². The fourth-order valence-electron chi connectivity index (χ4n) is 3.42. The quantitative estimate of drug-likeness (QED) is 0.617. The van der Waals surface area contributed by atoms with Gasteiger partial charge in [-0.05, 0) is 12.0 Å². The van der Waals surface area contributed by atoms with Crippen LogP contribution >= 0.6 is 11.8 Å². The van der Waals surface area contributed by atoms with Gasteiger partial charge >= 0.3 is 12.0 Å². The second-order valence-corrected chi connectivity index (χ2v) is 7.70. The van der Waals surface area contributed by atoms with Crippen LogP contribution in [0.3, 0.4) is 0 Å². The third-order valence-electron chi connectivity index (χ3n) is 4.93. The van der Waals surface area contributed by atoms with E-state index in [0.29, 0.717) is 19.5 Å². The number of esters is 1. The van der Waals surface area contributed by atoms with Gasteiger partial charge in [-0.2, -0.15) is 0 Å². The second kappa shape index (κ2) is 7.67. The number of imide groups is 1. The summed E-state index contributed by atoms with van der Waals surface area (Å²) in [6, 6.07) is 8.92. The summed E-state index contributed by atoms with van der Waals surface area (Å²) in [5.41, 5.74) is -0.241. The predicted molar refractivity (Wildman–Crippen MR) is 98.5 cm³/mol. The molecule has 0 aromatic heterocycles. The van der Waals surface area contributed by atoms with Crippen molar-refractivity contribution < 1.29 is 19.1 Å². The number of ether oxygens (including phenoxy) is 1. The Morgan fingerprint density at radius 1 is 1.35 bits per heavy atom. The number of nitrogens with one attached hydrogen (secondary N) is 1. The van der Waals surface area contributed by atoms with Gasteiger partial charge in [-0.3, -0.25) is 14.5 Å². The van der Waals surface area contributed by atoms with E-state index in [1.807, 2.05) is 42.2 Å². The van der Waals surface area contributed by atoms with E-state index in [0.717, 1.165) is 11.3 Å². The first-order valence-corrected chi connectivity index (χ1v) is 9.68. The zero-order chi connectivity index (χ0) is 18.7. The highest BCUT2D eigenvalue weighted by molar-refractivity contribution is 8.00. The van der Waals surface area contributed by atoms with E-state index in [2.05, 4.69) is 5.32 Å². The predicted octanol–water partition coefficient (Wildman–Crippen LogP) is 1.39. The molecule has 2 heterocycles. The Bertz CT molecular complexity index is 699. The van der Waals surface area contributed by atoms with Crippen LogP contribution in [0, 0.1) is 0 Å². The fourth-order valence-corrected chi connectivity index (χ4v) is 4.62. The molecular weight excluding hydrogens is 354 g/mol. The first kappa shape index (κ1) is 18.7. The summed E-state index contributed by atoms with van der Waals surface area (Å²) in [4.78, 5) is 40.7.